The van der Waals surface area contributed by atoms with Crippen LogP contribution in [0.3, 0.4) is 0 Å². The molecular weight excluding hydrogens is 323 g/mol. The molecule has 0 saturated carbocycles. The van der Waals surface area contributed by atoms with Crippen LogP contribution in [0.2, 0.25) is 10.0 Å². The summed E-state index contributed by atoms with van der Waals surface area (Å²) in [6, 6.07) is 7.10. The smallest absolute Gasteiger partial charge is 0.135 e. The van der Waals surface area contributed by atoms with Crippen molar-refractivity contribution < 1.29 is 4.74 Å². The van der Waals surface area contributed by atoms with Gasteiger partial charge in [-0.2, -0.15) is 0 Å². The molecule has 0 radical (unpaired) electrons. The Kier molecular flexibility index (Phi) is 4.97. The number of hydrogen-bond donors (Lipinski definition) is 2. The van der Waals surface area contributed by atoms with Gasteiger partial charge in [0.25, 0.3) is 0 Å². The second-order valence-corrected chi connectivity index (χ2v) is 5.90. The molecule has 1 aromatic carbocycles. The number of ether oxygens (including phenoxy) is 1. The van der Waals surface area contributed by atoms with E-state index in [0.717, 1.165) is 37.5 Å². The second kappa shape index (κ2) is 7.13. The van der Waals surface area contributed by atoms with Gasteiger partial charge in [-0.15, -0.1) is 0 Å². The highest BCUT2D eigenvalue weighted by molar-refractivity contribution is 6.36. The Morgan fingerprint density at radius 3 is 2.82 bits per heavy atom. The van der Waals surface area contributed by atoms with E-state index < -0.39 is 0 Å². The predicted molar refractivity (Wildman–Crippen MR) is 89.2 cm³/mol. The maximum atomic E-state index is 6.14. The molecular formula is C15H16Cl2N4O. The van der Waals surface area contributed by atoms with Gasteiger partial charge in [0.05, 0.1) is 16.8 Å². The molecule has 116 valence electrons. The summed E-state index contributed by atoms with van der Waals surface area (Å²) in [5.74, 6) is 1.41. The molecule has 3 rings (SSSR count). The van der Waals surface area contributed by atoms with E-state index in [0.29, 0.717) is 15.9 Å². The first-order valence-electron chi connectivity index (χ1n) is 7.10. The number of nitrogens with one attached hydrogen (secondary N) is 2. The monoisotopic (exact) mass is 338 g/mol. The molecule has 1 aromatic heterocycles. The summed E-state index contributed by atoms with van der Waals surface area (Å²) >= 11 is 12.0. The highest BCUT2D eigenvalue weighted by Gasteiger charge is 2.15. The SMILES string of the molecule is Clc1ccc(Nc2cc(NCC3CCCO3)ncn2)c(Cl)c1. The first-order valence-corrected chi connectivity index (χ1v) is 7.86. The van der Waals surface area contributed by atoms with Gasteiger partial charge in [0.15, 0.2) is 0 Å². The van der Waals surface area contributed by atoms with E-state index >= 15 is 0 Å². The Morgan fingerprint density at radius 1 is 1.18 bits per heavy atom. The summed E-state index contributed by atoms with van der Waals surface area (Å²) in [7, 11) is 0. The van der Waals surface area contributed by atoms with Crippen LogP contribution in [-0.2, 0) is 4.74 Å². The molecule has 22 heavy (non-hydrogen) atoms. The Labute approximate surface area is 139 Å². The Morgan fingerprint density at radius 2 is 2.05 bits per heavy atom. The van der Waals surface area contributed by atoms with Crippen molar-refractivity contribution >= 4 is 40.5 Å². The average molecular weight is 339 g/mol. The highest BCUT2D eigenvalue weighted by atomic mass is 35.5. The van der Waals surface area contributed by atoms with Gasteiger partial charge in [-0.05, 0) is 31.0 Å². The van der Waals surface area contributed by atoms with Crippen molar-refractivity contribution in [1.29, 1.82) is 0 Å². The molecule has 7 heteroatoms. The molecule has 2 aromatic rings. The summed E-state index contributed by atoms with van der Waals surface area (Å²) in [6.45, 7) is 1.59. The van der Waals surface area contributed by atoms with Crippen molar-refractivity contribution in [2.45, 2.75) is 18.9 Å². The fraction of sp³-hybridized carbons (Fsp3) is 0.333. The largest absolute Gasteiger partial charge is 0.376 e. The Balaban J connectivity index is 1.65. The lowest BCUT2D eigenvalue weighted by molar-refractivity contribution is 0.120. The van der Waals surface area contributed by atoms with E-state index in [1.54, 1.807) is 12.1 Å². The van der Waals surface area contributed by atoms with Crippen molar-refractivity contribution in [2.24, 2.45) is 0 Å². The zero-order chi connectivity index (χ0) is 15.4. The first-order chi connectivity index (χ1) is 10.7. The van der Waals surface area contributed by atoms with Crippen LogP contribution < -0.4 is 10.6 Å². The lowest BCUT2D eigenvalue weighted by Gasteiger charge is -2.12. The lowest BCUT2D eigenvalue weighted by atomic mass is 10.2. The van der Waals surface area contributed by atoms with Gasteiger partial charge in [0.1, 0.15) is 18.0 Å². The summed E-state index contributed by atoms with van der Waals surface area (Å²) < 4.78 is 5.58. The van der Waals surface area contributed by atoms with E-state index in [9.17, 15) is 0 Å². The van der Waals surface area contributed by atoms with Gasteiger partial charge >= 0.3 is 0 Å². The molecule has 1 fully saturated rings. The molecule has 1 aliphatic heterocycles. The third-order valence-corrected chi connectivity index (χ3v) is 3.94. The molecule has 2 N–H and O–H groups in total. The number of nitrogens with zero attached hydrogens (tertiary/aromatic N) is 2. The molecule has 0 amide bonds. The molecule has 0 spiro atoms. The van der Waals surface area contributed by atoms with Crippen LogP contribution in [0.25, 0.3) is 0 Å². The number of benzene rings is 1. The molecule has 5 nitrogen and oxygen atoms in total. The van der Waals surface area contributed by atoms with E-state index in [-0.39, 0.29) is 6.10 Å². The highest BCUT2D eigenvalue weighted by Crippen LogP contribution is 2.28. The van der Waals surface area contributed by atoms with Crippen LogP contribution in [0.15, 0.2) is 30.6 Å². The minimum absolute atomic E-state index is 0.261. The van der Waals surface area contributed by atoms with Crippen LogP contribution in [0.5, 0.6) is 0 Å². The summed E-state index contributed by atoms with van der Waals surface area (Å²) in [4.78, 5) is 8.40. The molecule has 1 aliphatic rings. The minimum atomic E-state index is 0.261. The normalized spacial score (nSPS) is 17.5. The summed E-state index contributed by atoms with van der Waals surface area (Å²) in [5.41, 5.74) is 0.745. The van der Waals surface area contributed by atoms with E-state index in [4.69, 9.17) is 27.9 Å². The number of rotatable bonds is 5. The molecule has 0 aliphatic carbocycles. The number of aromatic nitrogens is 2. The van der Waals surface area contributed by atoms with Gasteiger partial charge in [0, 0.05) is 24.2 Å². The van der Waals surface area contributed by atoms with Crippen molar-refractivity contribution in [3.05, 3.63) is 40.6 Å². The van der Waals surface area contributed by atoms with E-state index in [2.05, 4.69) is 20.6 Å². The van der Waals surface area contributed by atoms with Crippen molar-refractivity contribution in [1.82, 2.24) is 9.97 Å². The van der Waals surface area contributed by atoms with Gasteiger partial charge < -0.3 is 15.4 Å². The topological polar surface area (TPSA) is 59.1 Å². The fourth-order valence-electron chi connectivity index (χ4n) is 2.27. The van der Waals surface area contributed by atoms with Crippen molar-refractivity contribution in [3.63, 3.8) is 0 Å². The van der Waals surface area contributed by atoms with Gasteiger partial charge in [0.2, 0.25) is 0 Å². The zero-order valence-electron chi connectivity index (χ0n) is 11.9. The van der Waals surface area contributed by atoms with E-state index in [1.807, 2.05) is 12.1 Å². The van der Waals surface area contributed by atoms with E-state index in [1.165, 1.54) is 6.33 Å². The van der Waals surface area contributed by atoms with Crippen molar-refractivity contribution in [2.75, 3.05) is 23.8 Å². The summed E-state index contributed by atoms with van der Waals surface area (Å²) in [6.07, 6.45) is 3.98. The number of anilines is 3. The van der Waals surface area contributed by atoms with Crippen LogP contribution in [0, 0.1) is 0 Å². The number of halogens is 2. The van der Waals surface area contributed by atoms with Crippen LogP contribution in [0.4, 0.5) is 17.3 Å². The zero-order valence-corrected chi connectivity index (χ0v) is 13.4. The molecule has 1 unspecified atom stereocenters. The van der Waals surface area contributed by atoms with Gasteiger partial charge in [-0.25, -0.2) is 9.97 Å². The average Bonchev–Trinajstić information content (AvgIpc) is 3.02. The standard InChI is InChI=1S/C15H16Cl2N4O/c16-10-3-4-13(12(17)6-10)21-15-7-14(19-9-20-15)18-8-11-2-1-5-22-11/h3-4,6-7,9,11H,1-2,5,8H2,(H2,18,19,20,21). The first kappa shape index (κ1) is 15.3. The predicted octanol–water partition coefficient (Wildman–Crippen LogP) is 4.12. The molecule has 1 saturated heterocycles. The maximum Gasteiger partial charge on any atom is 0.135 e. The van der Waals surface area contributed by atoms with Crippen LogP contribution in [0.1, 0.15) is 12.8 Å². The quantitative estimate of drug-likeness (QED) is 0.858. The minimum Gasteiger partial charge on any atom is -0.376 e. The van der Waals surface area contributed by atoms with Gasteiger partial charge in [-0.1, -0.05) is 23.2 Å². The maximum absolute atomic E-state index is 6.14. The fourth-order valence-corrected chi connectivity index (χ4v) is 2.73. The molecule has 2 heterocycles. The number of hydrogen-bond acceptors (Lipinski definition) is 5. The Bertz CT molecular complexity index is 647. The molecule has 0 bridgehead atoms. The van der Waals surface area contributed by atoms with Gasteiger partial charge in [-0.3, -0.25) is 0 Å². The second-order valence-electron chi connectivity index (χ2n) is 5.05. The van der Waals surface area contributed by atoms with Crippen LogP contribution in [-0.4, -0.2) is 29.2 Å². The lowest BCUT2D eigenvalue weighted by Crippen LogP contribution is -2.19. The van der Waals surface area contributed by atoms with Crippen LogP contribution >= 0.6 is 23.2 Å². The third kappa shape index (κ3) is 4.00. The van der Waals surface area contributed by atoms with Crippen molar-refractivity contribution in [3.8, 4) is 0 Å². The molecule has 1 atom stereocenters. The third-order valence-electron chi connectivity index (χ3n) is 3.40. The Hall–Kier alpha value is -1.56. The summed E-state index contributed by atoms with van der Waals surface area (Å²) in [5, 5.41) is 7.56.